The zero-order valence-corrected chi connectivity index (χ0v) is 27.6. The number of methoxy groups -OCH3 is 1. The molecule has 10 nitrogen and oxygen atoms in total. The molecule has 2 amide bonds. The number of amides is 2. The Labute approximate surface area is 280 Å². The standard InChI is InChI=1S/C34H35F4N3O7S/c1-41(2)27(33(44)45)13-18-7-9-19(10-8-18)24-16-25(28(48-3)17-26(24)35)31(42)40-30-21-12-11-20(14-21)29(30)32(43)39-22-5-4-6-23(15-22)49(46,47)34(36,37)38/h4-10,15-17,20-21,27,29-30H,11-14H2,1-3H3,(H,39,43)(H,40,42)(H,44,45)/t20?,21?,27-,29?,30?/m0/s1. The van der Waals surface area contributed by atoms with Gasteiger partial charge in [-0.3, -0.25) is 19.3 Å². The maximum absolute atomic E-state index is 15.3. The zero-order chi connectivity index (χ0) is 35.8. The molecule has 4 unspecified atom stereocenters. The Morgan fingerprint density at radius 2 is 1.69 bits per heavy atom. The Balaban J connectivity index is 1.37. The molecule has 15 heteroatoms. The normalized spacial score (nSPS) is 21.0. The van der Waals surface area contributed by atoms with Crippen LogP contribution in [-0.2, 0) is 25.8 Å². The van der Waals surface area contributed by atoms with Crippen LogP contribution >= 0.6 is 0 Å². The number of aliphatic carboxylic acids is 1. The number of carboxylic acids is 1. The second-order valence-corrected chi connectivity index (χ2v) is 14.5. The predicted molar refractivity (Wildman–Crippen MR) is 171 cm³/mol. The number of alkyl halides is 3. The lowest BCUT2D eigenvalue weighted by atomic mass is 9.83. The van der Waals surface area contributed by atoms with Crippen LogP contribution in [0.1, 0.15) is 35.2 Å². The van der Waals surface area contributed by atoms with Crippen LogP contribution in [0.2, 0.25) is 0 Å². The van der Waals surface area contributed by atoms with Gasteiger partial charge in [0.15, 0.2) is 0 Å². The van der Waals surface area contributed by atoms with E-state index in [9.17, 15) is 41.1 Å². The third-order valence-corrected chi connectivity index (χ3v) is 10.9. The lowest BCUT2D eigenvalue weighted by molar-refractivity contribution is -0.142. The van der Waals surface area contributed by atoms with Gasteiger partial charge in [0.2, 0.25) is 5.91 Å². The predicted octanol–water partition coefficient (Wildman–Crippen LogP) is 5.14. The summed E-state index contributed by atoms with van der Waals surface area (Å²) in [5.74, 6) is -3.86. The smallest absolute Gasteiger partial charge is 0.496 e. The van der Waals surface area contributed by atoms with Crippen molar-refractivity contribution >= 4 is 33.3 Å². The molecule has 2 fully saturated rings. The van der Waals surface area contributed by atoms with Crippen LogP contribution in [0.4, 0.5) is 23.2 Å². The second-order valence-electron chi connectivity index (χ2n) is 12.6. The van der Waals surface area contributed by atoms with Crippen LogP contribution in [0.5, 0.6) is 5.75 Å². The van der Waals surface area contributed by atoms with E-state index in [0.29, 0.717) is 24.0 Å². The number of anilines is 1. The largest absolute Gasteiger partial charge is 0.501 e. The summed E-state index contributed by atoms with van der Waals surface area (Å²) >= 11 is 0. The van der Waals surface area contributed by atoms with E-state index in [4.69, 9.17) is 4.74 Å². The molecule has 0 heterocycles. The Hall–Kier alpha value is -4.50. The number of ether oxygens (including phenoxy) is 1. The molecule has 2 bridgehead atoms. The molecule has 0 aromatic heterocycles. The first-order valence-electron chi connectivity index (χ1n) is 15.4. The minimum atomic E-state index is -5.64. The van der Waals surface area contributed by atoms with E-state index in [1.807, 2.05) is 0 Å². The van der Waals surface area contributed by atoms with Crippen molar-refractivity contribution in [2.45, 2.75) is 48.2 Å². The van der Waals surface area contributed by atoms with Crippen molar-refractivity contribution in [1.82, 2.24) is 10.2 Å². The molecule has 5 atom stereocenters. The third-order valence-electron chi connectivity index (χ3n) is 9.37. The van der Waals surface area contributed by atoms with Crippen LogP contribution in [0.25, 0.3) is 11.1 Å². The van der Waals surface area contributed by atoms with Gasteiger partial charge < -0.3 is 20.5 Å². The van der Waals surface area contributed by atoms with E-state index < -0.39 is 61.8 Å². The number of fused-ring (bicyclic) bond motifs is 2. The minimum Gasteiger partial charge on any atom is -0.496 e. The number of carboxylic acid groups (broad SMARTS) is 1. The summed E-state index contributed by atoms with van der Waals surface area (Å²) in [7, 11) is -1.03. The molecular formula is C34H35F4N3O7S. The van der Waals surface area contributed by atoms with E-state index in [1.165, 1.54) is 19.2 Å². The first-order valence-corrected chi connectivity index (χ1v) is 16.9. The van der Waals surface area contributed by atoms with E-state index in [-0.39, 0.29) is 40.8 Å². The quantitative estimate of drug-likeness (QED) is 0.233. The highest BCUT2D eigenvalue weighted by Gasteiger charge is 2.52. The van der Waals surface area contributed by atoms with Crippen LogP contribution < -0.4 is 15.4 Å². The van der Waals surface area contributed by atoms with E-state index in [2.05, 4.69) is 10.6 Å². The van der Waals surface area contributed by atoms with Gasteiger partial charge in [-0.25, -0.2) is 12.8 Å². The third kappa shape index (κ3) is 7.27. The van der Waals surface area contributed by atoms with E-state index >= 15 is 4.39 Å². The number of benzene rings is 3. The van der Waals surface area contributed by atoms with Gasteiger partial charge in [0.1, 0.15) is 17.6 Å². The highest BCUT2D eigenvalue weighted by Crippen LogP contribution is 2.49. The van der Waals surface area contributed by atoms with Crippen molar-refractivity contribution in [1.29, 1.82) is 0 Å². The number of hydrogen-bond donors (Lipinski definition) is 3. The van der Waals surface area contributed by atoms with Crippen molar-refractivity contribution in [3.05, 3.63) is 77.6 Å². The molecule has 0 spiro atoms. The highest BCUT2D eigenvalue weighted by atomic mass is 32.2. The summed E-state index contributed by atoms with van der Waals surface area (Å²) in [5.41, 5.74) is -4.41. The number of likely N-dealkylation sites (N-methyl/N-ethyl adjacent to an activating group) is 1. The molecule has 3 N–H and O–H groups in total. The second kappa shape index (κ2) is 13.8. The molecule has 49 heavy (non-hydrogen) atoms. The molecule has 2 saturated carbocycles. The fraction of sp³-hybridized carbons (Fsp3) is 0.382. The molecule has 0 saturated heterocycles. The van der Waals surface area contributed by atoms with Crippen LogP contribution in [0.3, 0.4) is 0 Å². The summed E-state index contributed by atoms with van der Waals surface area (Å²) in [6, 6.07) is 11.5. The van der Waals surface area contributed by atoms with Gasteiger partial charge in [0.25, 0.3) is 15.7 Å². The molecule has 3 aromatic rings. The Morgan fingerprint density at radius 3 is 2.31 bits per heavy atom. The fourth-order valence-electron chi connectivity index (χ4n) is 6.86. The maximum Gasteiger partial charge on any atom is 0.501 e. The number of nitrogens with zero attached hydrogens (tertiary/aromatic N) is 1. The lowest BCUT2D eigenvalue weighted by Gasteiger charge is -2.31. The molecule has 262 valence electrons. The molecule has 0 aliphatic heterocycles. The molecule has 2 aliphatic rings. The molecule has 0 radical (unpaired) electrons. The van der Waals surface area contributed by atoms with E-state index in [1.54, 1.807) is 43.3 Å². The van der Waals surface area contributed by atoms with Gasteiger partial charge in [-0.05, 0) is 87.0 Å². The molecular weight excluding hydrogens is 670 g/mol. The molecule has 2 aliphatic carbocycles. The van der Waals surface area contributed by atoms with Crippen molar-refractivity contribution in [2.75, 3.05) is 26.5 Å². The first kappa shape index (κ1) is 35.8. The Bertz CT molecular complexity index is 1870. The summed E-state index contributed by atoms with van der Waals surface area (Å²) in [6.07, 6.45) is 2.27. The van der Waals surface area contributed by atoms with Gasteiger partial charge in [0.05, 0.1) is 23.5 Å². The van der Waals surface area contributed by atoms with Crippen molar-refractivity contribution in [3.63, 3.8) is 0 Å². The van der Waals surface area contributed by atoms with Crippen LogP contribution in [0.15, 0.2) is 65.6 Å². The number of hydrogen-bond acceptors (Lipinski definition) is 7. The highest BCUT2D eigenvalue weighted by molar-refractivity contribution is 7.92. The average molecular weight is 706 g/mol. The maximum atomic E-state index is 15.3. The Morgan fingerprint density at radius 1 is 1.02 bits per heavy atom. The van der Waals surface area contributed by atoms with Crippen molar-refractivity contribution in [3.8, 4) is 16.9 Å². The molecule has 5 rings (SSSR count). The summed E-state index contributed by atoms with van der Waals surface area (Å²) < 4.78 is 83.8. The average Bonchev–Trinajstić information content (AvgIpc) is 3.65. The SMILES string of the molecule is COc1cc(F)c(-c2ccc(C[C@@H](C(=O)O)N(C)C)cc2)cc1C(=O)NC1C2CCC(C2)C1C(=O)Nc1cccc(S(=O)(=O)C(F)(F)F)c1. The zero-order valence-electron chi connectivity index (χ0n) is 26.8. The van der Waals surface area contributed by atoms with Crippen LogP contribution in [0, 0.1) is 23.6 Å². The summed E-state index contributed by atoms with van der Waals surface area (Å²) in [5, 5.41) is 14.9. The van der Waals surface area contributed by atoms with Gasteiger partial charge in [-0.15, -0.1) is 0 Å². The summed E-state index contributed by atoms with van der Waals surface area (Å²) in [4.78, 5) is 39.4. The topological polar surface area (TPSA) is 142 Å². The number of halogens is 4. The van der Waals surface area contributed by atoms with Gasteiger partial charge in [-0.2, -0.15) is 13.2 Å². The van der Waals surface area contributed by atoms with Gasteiger partial charge >= 0.3 is 11.5 Å². The minimum absolute atomic E-state index is 0.00788. The van der Waals surface area contributed by atoms with Crippen molar-refractivity contribution < 1.29 is 50.2 Å². The van der Waals surface area contributed by atoms with E-state index in [0.717, 1.165) is 30.7 Å². The first-order chi connectivity index (χ1) is 23.0. The van der Waals surface area contributed by atoms with Gasteiger partial charge in [0, 0.05) is 23.4 Å². The van der Waals surface area contributed by atoms with Crippen molar-refractivity contribution in [2.24, 2.45) is 17.8 Å². The number of rotatable bonds is 11. The number of sulfone groups is 1. The Kier molecular flexibility index (Phi) is 10.1. The monoisotopic (exact) mass is 705 g/mol. The fourth-order valence-corrected chi connectivity index (χ4v) is 7.67. The molecule has 3 aromatic carbocycles. The van der Waals surface area contributed by atoms with Crippen LogP contribution in [-0.4, -0.2) is 75.0 Å². The van der Waals surface area contributed by atoms with Gasteiger partial charge in [-0.1, -0.05) is 30.3 Å². The number of carbonyl (C=O) groups excluding carboxylic acids is 2. The lowest BCUT2D eigenvalue weighted by Crippen LogP contribution is -2.48. The number of carbonyl (C=O) groups is 3. The number of nitrogens with one attached hydrogen (secondary N) is 2. The summed E-state index contributed by atoms with van der Waals surface area (Å²) in [6.45, 7) is 0.